The lowest BCUT2D eigenvalue weighted by Gasteiger charge is -2.08. The van der Waals surface area contributed by atoms with Crippen LogP contribution in [0, 0.1) is 0 Å². The van der Waals surface area contributed by atoms with Crippen LogP contribution in [0.4, 0.5) is 5.69 Å². The number of hydrogen-bond donors (Lipinski definition) is 1. The Bertz CT molecular complexity index is 1190. The van der Waals surface area contributed by atoms with E-state index < -0.39 is 0 Å². The molecule has 0 saturated heterocycles. The molecule has 1 amide bonds. The Morgan fingerprint density at radius 2 is 1.55 bits per heavy atom. The first kappa shape index (κ1) is 21.3. The number of anilines is 1. The average molecular weight is 542 g/mol. The highest BCUT2D eigenvalue weighted by molar-refractivity contribution is 9.10. The van der Waals surface area contributed by atoms with Crippen LogP contribution in [0.15, 0.2) is 81.7 Å². The van der Waals surface area contributed by atoms with Gasteiger partial charge in [-0.15, -0.1) is 5.10 Å². The predicted molar refractivity (Wildman–Crippen MR) is 128 cm³/mol. The molecule has 0 atom stereocenters. The molecule has 0 saturated carbocycles. The summed E-state index contributed by atoms with van der Waals surface area (Å²) in [5.41, 5.74) is 2.28. The van der Waals surface area contributed by atoms with Crippen molar-refractivity contribution >= 4 is 43.5 Å². The molecule has 0 radical (unpaired) electrons. The number of aromatic nitrogens is 3. The molecule has 8 heteroatoms. The summed E-state index contributed by atoms with van der Waals surface area (Å²) < 4.78 is 9.07. The SMILES string of the molecule is CCOc1ccc(-n2nc(C(=O)Nc3ccc(Br)cc3)nc2-c2ccc(Br)cc2)cc1. The summed E-state index contributed by atoms with van der Waals surface area (Å²) in [7, 11) is 0. The number of amides is 1. The highest BCUT2D eigenvalue weighted by atomic mass is 79.9. The van der Waals surface area contributed by atoms with Gasteiger partial charge in [-0.05, 0) is 67.6 Å². The molecule has 3 aromatic carbocycles. The van der Waals surface area contributed by atoms with Crippen LogP contribution < -0.4 is 10.1 Å². The topological polar surface area (TPSA) is 69.0 Å². The second-order valence-electron chi connectivity index (χ2n) is 6.57. The van der Waals surface area contributed by atoms with E-state index in [4.69, 9.17) is 4.74 Å². The van der Waals surface area contributed by atoms with Crippen LogP contribution in [0.2, 0.25) is 0 Å². The third-order valence-corrected chi connectivity index (χ3v) is 5.46. The van der Waals surface area contributed by atoms with Crippen LogP contribution in [0.25, 0.3) is 17.1 Å². The monoisotopic (exact) mass is 540 g/mol. The van der Waals surface area contributed by atoms with Crippen molar-refractivity contribution in [2.45, 2.75) is 6.92 Å². The third-order valence-electron chi connectivity index (χ3n) is 4.41. The first-order chi connectivity index (χ1) is 15.0. The van der Waals surface area contributed by atoms with Gasteiger partial charge in [-0.3, -0.25) is 4.79 Å². The molecule has 0 aliphatic rings. The molecule has 1 aromatic heterocycles. The Morgan fingerprint density at radius 3 is 2.16 bits per heavy atom. The molecular formula is C23H18Br2N4O2. The molecule has 0 unspecified atom stereocenters. The molecular weight excluding hydrogens is 524 g/mol. The third kappa shape index (κ3) is 5.03. The van der Waals surface area contributed by atoms with Gasteiger partial charge in [0.05, 0.1) is 12.3 Å². The van der Waals surface area contributed by atoms with Gasteiger partial charge in [-0.2, -0.15) is 0 Å². The smallest absolute Gasteiger partial charge is 0.295 e. The van der Waals surface area contributed by atoms with Gasteiger partial charge in [-0.1, -0.05) is 44.0 Å². The lowest BCUT2D eigenvalue weighted by molar-refractivity contribution is 0.101. The lowest BCUT2D eigenvalue weighted by Crippen LogP contribution is -2.14. The normalized spacial score (nSPS) is 10.7. The van der Waals surface area contributed by atoms with Crippen LogP contribution in [-0.4, -0.2) is 27.3 Å². The zero-order chi connectivity index (χ0) is 21.8. The van der Waals surface area contributed by atoms with Gasteiger partial charge in [0.25, 0.3) is 5.91 Å². The number of ether oxygens (including phenoxy) is 1. The van der Waals surface area contributed by atoms with Crippen molar-refractivity contribution in [1.82, 2.24) is 14.8 Å². The van der Waals surface area contributed by atoms with E-state index in [1.807, 2.05) is 67.6 Å². The lowest BCUT2D eigenvalue weighted by atomic mass is 10.2. The van der Waals surface area contributed by atoms with Crippen molar-refractivity contribution < 1.29 is 9.53 Å². The first-order valence-electron chi connectivity index (χ1n) is 9.56. The highest BCUT2D eigenvalue weighted by Crippen LogP contribution is 2.25. The minimum Gasteiger partial charge on any atom is -0.494 e. The summed E-state index contributed by atoms with van der Waals surface area (Å²) in [4.78, 5) is 17.4. The fourth-order valence-corrected chi connectivity index (χ4v) is 3.47. The number of nitrogens with one attached hydrogen (secondary N) is 1. The summed E-state index contributed by atoms with van der Waals surface area (Å²) in [6, 6.07) is 22.5. The summed E-state index contributed by atoms with van der Waals surface area (Å²) in [6.45, 7) is 2.53. The summed E-state index contributed by atoms with van der Waals surface area (Å²) >= 11 is 6.84. The van der Waals surface area contributed by atoms with Gasteiger partial charge >= 0.3 is 0 Å². The van der Waals surface area contributed by atoms with Crippen LogP contribution in [0.1, 0.15) is 17.5 Å². The molecule has 6 nitrogen and oxygen atoms in total. The molecule has 1 heterocycles. The van der Waals surface area contributed by atoms with Crippen molar-refractivity contribution in [2.24, 2.45) is 0 Å². The van der Waals surface area contributed by atoms with Gasteiger partial charge < -0.3 is 10.1 Å². The van der Waals surface area contributed by atoms with E-state index in [-0.39, 0.29) is 11.7 Å². The molecule has 31 heavy (non-hydrogen) atoms. The number of carbonyl (C=O) groups excluding carboxylic acids is 1. The Hall–Kier alpha value is -2.97. The van der Waals surface area contributed by atoms with Crippen LogP contribution in [-0.2, 0) is 0 Å². The Balaban J connectivity index is 1.71. The van der Waals surface area contributed by atoms with E-state index in [0.29, 0.717) is 18.1 Å². The number of halogens is 2. The van der Waals surface area contributed by atoms with E-state index in [1.165, 1.54) is 0 Å². The molecule has 156 valence electrons. The maximum absolute atomic E-state index is 12.8. The van der Waals surface area contributed by atoms with Crippen LogP contribution >= 0.6 is 31.9 Å². The number of carbonyl (C=O) groups is 1. The van der Waals surface area contributed by atoms with E-state index >= 15 is 0 Å². The average Bonchev–Trinajstić information content (AvgIpc) is 3.22. The van der Waals surface area contributed by atoms with Crippen molar-refractivity contribution in [2.75, 3.05) is 11.9 Å². The fraction of sp³-hybridized carbons (Fsp3) is 0.0870. The molecule has 4 rings (SSSR count). The van der Waals surface area contributed by atoms with Gasteiger partial charge in [-0.25, -0.2) is 9.67 Å². The standard InChI is InChI=1S/C23H18Br2N4O2/c1-2-31-20-13-11-19(12-14-20)29-22(15-3-5-16(24)6-4-15)27-21(28-29)23(30)26-18-9-7-17(25)8-10-18/h3-14H,2H2,1H3,(H,26,30). The van der Waals surface area contributed by atoms with Gasteiger partial charge in [0.1, 0.15) is 5.75 Å². The van der Waals surface area contributed by atoms with Gasteiger partial charge in [0.2, 0.25) is 5.82 Å². The Morgan fingerprint density at radius 1 is 0.935 bits per heavy atom. The van der Waals surface area contributed by atoms with Crippen LogP contribution in [0.5, 0.6) is 5.75 Å². The fourth-order valence-electron chi connectivity index (χ4n) is 2.94. The number of rotatable bonds is 6. The molecule has 4 aromatic rings. The number of nitrogens with zero attached hydrogens (tertiary/aromatic N) is 3. The predicted octanol–water partition coefficient (Wildman–Crippen LogP) is 6.11. The maximum Gasteiger partial charge on any atom is 0.295 e. The van der Waals surface area contributed by atoms with Crippen molar-refractivity contribution in [3.63, 3.8) is 0 Å². The van der Waals surface area contributed by atoms with Crippen molar-refractivity contribution in [1.29, 1.82) is 0 Å². The highest BCUT2D eigenvalue weighted by Gasteiger charge is 2.19. The van der Waals surface area contributed by atoms with E-state index in [9.17, 15) is 4.79 Å². The van der Waals surface area contributed by atoms with E-state index in [0.717, 1.165) is 25.9 Å². The minimum atomic E-state index is -0.384. The summed E-state index contributed by atoms with van der Waals surface area (Å²) in [5, 5.41) is 7.34. The van der Waals surface area contributed by atoms with Gasteiger partial charge in [0, 0.05) is 20.2 Å². The second-order valence-corrected chi connectivity index (χ2v) is 8.40. The molecule has 0 spiro atoms. The zero-order valence-electron chi connectivity index (χ0n) is 16.5. The molecule has 0 aliphatic carbocycles. The quantitative estimate of drug-likeness (QED) is 0.320. The zero-order valence-corrected chi connectivity index (χ0v) is 19.7. The minimum absolute atomic E-state index is 0.0784. The van der Waals surface area contributed by atoms with Crippen molar-refractivity contribution in [3.05, 3.63) is 87.6 Å². The number of hydrogen-bond acceptors (Lipinski definition) is 4. The Kier molecular flexibility index (Phi) is 6.48. The van der Waals surface area contributed by atoms with Gasteiger partial charge in [0.15, 0.2) is 5.82 Å². The first-order valence-corrected chi connectivity index (χ1v) is 11.2. The molecule has 0 bridgehead atoms. The maximum atomic E-state index is 12.8. The Labute approximate surface area is 196 Å². The number of benzene rings is 3. The summed E-state index contributed by atoms with van der Waals surface area (Å²) in [6.07, 6.45) is 0. The molecule has 0 aliphatic heterocycles. The largest absolute Gasteiger partial charge is 0.494 e. The van der Waals surface area contributed by atoms with Crippen molar-refractivity contribution in [3.8, 4) is 22.8 Å². The van der Waals surface area contributed by atoms with E-state index in [1.54, 1.807) is 16.8 Å². The second kappa shape index (κ2) is 9.45. The van der Waals surface area contributed by atoms with Crippen LogP contribution in [0.3, 0.4) is 0 Å². The van der Waals surface area contributed by atoms with E-state index in [2.05, 4.69) is 47.3 Å². The molecule has 0 fully saturated rings. The molecule has 1 N–H and O–H groups in total. The summed E-state index contributed by atoms with van der Waals surface area (Å²) in [5.74, 6) is 1.03.